The zero-order valence-electron chi connectivity index (χ0n) is 13.3. The fourth-order valence-electron chi connectivity index (χ4n) is 2.11. The summed E-state index contributed by atoms with van der Waals surface area (Å²) in [7, 11) is 1.86. The molecule has 0 fully saturated rings. The van der Waals surface area contributed by atoms with Gasteiger partial charge in [0.05, 0.1) is 12.2 Å². The fraction of sp³-hybridized carbons (Fsp3) is 0.375. The van der Waals surface area contributed by atoms with Crippen molar-refractivity contribution in [1.29, 1.82) is 0 Å². The first kappa shape index (κ1) is 16.9. The van der Waals surface area contributed by atoms with E-state index in [-0.39, 0.29) is 0 Å². The molecule has 2 rings (SSSR count). The van der Waals surface area contributed by atoms with Gasteiger partial charge in [0.1, 0.15) is 11.6 Å². The van der Waals surface area contributed by atoms with Crippen LogP contribution in [0.25, 0.3) is 0 Å². The Hall–Kier alpha value is -2.44. The molecule has 7 heteroatoms. The third kappa shape index (κ3) is 5.05. The van der Waals surface area contributed by atoms with E-state index in [0.29, 0.717) is 37.6 Å². The Morgan fingerprint density at radius 1 is 1.26 bits per heavy atom. The number of aromatic nitrogens is 2. The average Bonchev–Trinajstić information content (AvgIpc) is 2.93. The number of aliphatic imine (C=N–C) groups is 1. The maximum absolute atomic E-state index is 13.6. The minimum Gasteiger partial charge on any atom is -0.357 e. The van der Waals surface area contributed by atoms with E-state index >= 15 is 0 Å². The molecule has 23 heavy (non-hydrogen) atoms. The molecule has 0 atom stereocenters. The van der Waals surface area contributed by atoms with Crippen LogP contribution in [-0.2, 0) is 20.0 Å². The zero-order valence-corrected chi connectivity index (χ0v) is 13.3. The molecular weight excluding hydrogens is 300 g/mol. The first-order valence-corrected chi connectivity index (χ1v) is 7.53. The van der Waals surface area contributed by atoms with Crippen molar-refractivity contribution in [2.45, 2.75) is 19.9 Å². The highest BCUT2D eigenvalue weighted by Crippen LogP contribution is 2.09. The summed E-state index contributed by atoms with van der Waals surface area (Å²) in [5, 5.41) is 10.3. The summed E-state index contributed by atoms with van der Waals surface area (Å²) < 4.78 is 28.5. The molecule has 0 radical (unpaired) electrons. The van der Waals surface area contributed by atoms with Crippen LogP contribution in [0, 0.1) is 11.6 Å². The average molecular weight is 321 g/mol. The molecule has 124 valence electrons. The van der Waals surface area contributed by atoms with Crippen LogP contribution in [-0.4, -0.2) is 28.8 Å². The van der Waals surface area contributed by atoms with Gasteiger partial charge in [-0.1, -0.05) is 0 Å². The maximum Gasteiger partial charge on any atom is 0.191 e. The quantitative estimate of drug-likeness (QED) is 0.632. The van der Waals surface area contributed by atoms with Crippen LogP contribution in [0.4, 0.5) is 8.78 Å². The van der Waals surface area contributed by atoms with E-state index in [2.05, 4.69) is 20.7 Å². The summed E-state index contributed by atoms with van der Waals surface area (Å²) in [6, 6.07) is 5.38. The number of aryl methyl sites for hydroxylation is 1. The molecule has 1 aromatic heterocycles. The second kappa shape index (κ2) is 8.26. The predicted octanol–water partition coefficient (Wildman–Crippen LogP) is 2.00. The van der Waals surface area contributed by atoms with Gasteiger partial charge in [0.15, 0.2) is 5.96 Å². The zero-order chi connectivity index (χ0) is 16.7. The molecule has 1 heterocycles. The van der Waals surface area contributed by atoms with Gasteiger partial charge in [-0.05, 0) is 43.2 Å². The Morgan fingerprint density at radius 3 is 2.78 bits per heavy atom. The largest absolute Gasteiger partial charge is 0.357 e. The van der Waals surface area contributed by atoms with Crippen LogP contribution in [0.1, 0.15) is 18.2 Å². The standard InChI is InChI=1S/C16H21F2N5/c1-3-19-16(21-11-14-7-9-22-23(14)2)20-8-6-12-10-13(17)4-5-15(12)18/h4-5,7,9-10H,3,6,8,11H2,1-2H3,(H2,19,20,21). The lowest BCUT2D eigenvalue weighted by atomic mass is 10.1. The van der Waals surface area contributed by atoms with Crippen LogP contribution in [0.2, 0.25) is 0 Å². The molecule has 0 aliphatic rings. The van der Waals surface area contributed by atoms with Crippen LogP contribution in [0.3, 0.4) is 0 Å². The van der Waals surface area contributed by atoms with Crippen molar-refractivity contribution in [3.05, 3.63) is 53.4 Å². The van der Waals surface area contributed by atoms with E-state index in [0.717, 1.165) is 17.8 Å². The lowest BCUT2D eigenvalue weighted by molar-refractivity contribution is 0.583. The van der Waals surface area contributed by atoms with Gasteiger partial charge < -0.3 is 10.6 Å². The van der Waals surface area contributed by atoms with Gasteiger partial charge in [0.25, 0.3) is 0 Å². The lowest BCUT2D eigenvalue weighted by Crippen LogP contribution is -2.38. The summed E-state index contributed by atoms with van der Waals surface area (Å²) in [5.41, 5.74) is 1.33. The first-order valence-electron chi connectivity index (χ1n) is 7.53. The van der Waals surface area contributed by atoms with Gasteiger partial charge in [-0.2, -0.15) is 5.10 Å². The maximum atomic E-state index is 13.6. The summed E-state index contributed by atoms with van der Waals surface area (Å²) in [6.45, 7) is 3.62. The van der Waals surface area contributed by atoms with Gasteiger partial charge in [0.2, 0.25) is 0 Å². The number of rotatable bonds is 6. The molecule has 2 N–H and O–H groups in total. The highest BCUT2D eigenvalue weighted by Gasteiger charge is 2.05. The number of hydrogen-bond donors (Lipinski definition) is 2. The SMILES string of the molecule is CCNC(=NCc1ccnn1C)NCCc1cc(F)ccc1F. The van der Waals surface area contributed by atoms with E-state index < -0.39 is 11.6 Å². The monoisotopic (exact) mass is 321 g/mol. The van der Waals surface area contributed by atoms with E-state index in [1.165, 1.54) is 6.07 Å². The molecule has 0 saturated heterocycles. The van der Waals surface area contributed by atoms with E-state index in [1.54, 1.807) is 10.9 Å². The molecule has 0 spiro atoms. The van der Waals surface area contributed by atoms with Gasteiger partial charge in [0, 0.05) is 26.3 Å². The Bertz CT molecular complexity index is 666. The summed E-state index contributed by atoms with van der Waals surface area (Å²) in [4.78, 5) is 4.45. The smallest absolute Gasteiger partial charge is 0.191 e. The van der Waals surface area contributed by atoms with E-state index in [1.807, 2.05) is 20.0 Å². The molecule has 1 aromatic carbocycles. The second-order valence-corrected chi connectivity index (χ2v) is 5.05. The highest BCUT2D eigenvalue weighted by molar-refractivity contribution is 5.79. The Labute approximate surface area is 134 Å². The molecule has 0 saturated carbocycles. The first-order chi connectivity index (χ1) is 11.1. The molecule has 0 aliphatic heterocycles. The molecule has 5 nitrogen and oxygen atoms in total. The molecule has 2 aromatic rings. The van der Waals surface area contributed by atoms with Crippen LogP contribution < -0.4 is 10.6 Å². The normalized spacial score (nSPS) is 11.6. The molecule has 0 aliphatic carbocycles. The van der Waals surface area contributed by atoms with Crippen molar-refractivity contribution in [2.24, 2.45) is 12.0 Å². The van der Waals surface area contributed by atoms with Crippen LogP contribution in [0.5, 0.6) is 0 Å². The summed E-state index contributed by atoms with van der Waals surface area (Å²) in [6.07, 6.45) is 2.09. The number of guanidine groups is 1. The van der Waals surface area contributed by atoms with E-state index in [4.69, 9.17) is 0 Å². The minimum atomic E-state index is -0.432. The Morgan fingerprint density at radius 2 is 2.09 bits per heavy atom. The van der Waals surface area contributed by atoms with Crippen molar-refractivity contribution in [3.63, 3.8) is 0 Å². The number of nitrogens with one attached hydrogen (secondary N) is 2. The molecule has 0 bridgehead atoms. The summed E-state index contributed by atoms with van der Waals surface area (Å²) in [5.74, 6) is -0.200. The third-order valence-electron chi connectivity index (χ3n) is 3.36. The molecule has 0 amide bonds. The van der Waals surface area contributed by atoms with Crippen LogP contribution in [0.15, 0.2) is 35.5 Å². The van der Waals surface area contributed by atoms with Crippen molar-refractivity contribution in [1.82, 2.24) is 20.4 Å². The van der Waals surface area contributed by atoms with Crippen LogP contribution >= 0.6 is 0 Å². The Kier molecular flexibility index (Phi) is 6.08. The number of nitrogens with zero attached hydrogens (tertiary/aromatic N) is 3. The second-order valence-electron chi connectivity index (χ2n) is 5.05. The van der Waals surface area contributed by atoms with Crippen molar-refractivity contribution in [3.8, 4) is 0 Å². The topological polar surface area (TPSA) is 54.2 Å². The molecule has 0 unspecified atom stereocenters. The van der Waals surface area contributed by atoms with Crippen molar-refractivity contribution < 1.29 is 8.78 Å². The fourth-order valence-corrected chi connectivity index (χ4v) is 2.11. The lowest BCUT2D eigenvalue weighted by Gasteiger charge is -2.11. The number of benzene rings is 1. The number of halogens is 2. The predicted molar refractivity (Wildman–Crippen MR) is 86.1 cm³/mol. The van der Waals surface area contributed by atoms with Gasteiger partial charge in [-0.3, -0.25) is 4.68 Å². The van der Waals surface area contributed by atoms with Crippen molar-refractivity contribution >= 4 is 5.96 Å². The van der Waals surface area contributed by atoms with E-state index in [9.17, 15) is 8.78 Å². The highest BCUT2D eigenvalue weighted by atomic mass is 19.1. The van der Waals surface area contributed by atoms with Gasteiger partial charge in [-0.25, -0.2) is 13.8 Å². The molecular formula is C16H21F2N5. The third-order valence-corrected chi connectivity index (χ3v) is 3.36. The van der Waals surface area contributed by atoms with Gasteiger partial charge in [-0.15, -0.1) is 0 Å². The van der Waals surface area contributed by atoms with Crippen molar-refractivity contribution in [2.75, 3.05) is 13.1 Å². The Balaban J connectivity index is 1.91. The summed E-state index contributed by atoms with van der Waals surface area (Å²) >= 11 is 0. The number of hydrogen-bond acceptors (Lipinski definition) is 2. The minimum absolute atomic E-state index is 0.347. The van der Waals surface area contributed by atoms with Gasteiger partial charge >= 0.3 is 0 Å².